The van der Waals surface area contributed by atoms with Gasteiger partial charge < -0.3 is 15.8 Å². The molecule has 0 radical (unpaired) electrons. The smallest absolute Gasteiger partial charge is 0.233 e. The molecule has 16 heavy (non-hydrogen) atoms. The van der Waals surface area contributed by atoms with Crippen molar-refractivity contribution in [1.29, 1.82) is 0 Å². The van der Waals surface area contributed by atoms with Gasteiger partial charge in [0.05, 0.1) is 12.6 Å². The van der Waals surface area contributed by atoms with Crippen LogP contribution in [0.15, 0.2) is 0 Å². The van der Waals surface area contributed by atoms with Crippen molar-refractivity contribution in [2.75, 3.05) is 19.7 Å². The van der Waals surface area contributed by atoms with Gasteiger partial charge >= 0.3 is 0 Å². The van der Waals surface area contributed by atoms with E-state index in [0.717, 1.165) is 13.0 Å². The van der Waals surface area contributed by atoms with Gasteiger partial charge in [0.15, 0.2) is 0 Å². The van der Waals surface area contributed by atoms with Crippen molar-refractivity contribution in [1.82, 2.24) is 5.32 Å². The van der Waals surface area contributed by atoms with Crippen molar-refractivity contribution in [2.24, 2.45) is 5.73 Å². The molecule has 0 aromatic heterocycles. The maximum atomic E-state index is 10.8. The van der Waals surface area contributed by atoms with Gasteiger partial charge in [0.25, 0.3) is 0 Å². The molecule has 0 spiro atoms. The average molecular weight is 251 g/mol. The Morgan fingerprint density at radius 1 is 1.31 bits per heavy atom. The Balaban J connectivity index is 0.00000225. The van der Waals surface area contributed by atoms with Crippen molar-refractivity contribution < 1.29 is 9.53 Å². The maximum absolute atomic E-state index is 10.8. The fourth-order valence-corrected chi connectivity index (χ4v) is 1.85. The van der Waals surface area contributed by atoms with E-state index in [2.05, 4.69) is 5.32 Å². The maximum Gasteiger partial charge on any atom is 0.233 e. The molecule has 0 unspecified atom stereocenters. The van der Waals surface area contributed by atoms with E-state index in [1.54, 1.807) is 0 Å². The van der Waals surface area contributed by atoms with Gasteiger partial charge in [-0.3, -0.25) is 4.79 Å². The molecule has 0 heterocycles. The molecule has 1 rings (SSSR count). The van der Waals surface area contributed by atoms with E-state index in [1.807, 2.05) is 0 Å². The molecule has 0 aliphatic heterocycles. The third-order valence-corrected chi connectivity index (χ3v) is 2.73. The third-order valence-electron chi connectivity index (χ3n) is 2.73. The summed E-state index contributed by atoms with van der Waals surface area (Å²) in [5, 5.41) is 2.73. The van der Waals surface area contributed by atoms with Crippen LogP contribution in [0.1, 0.15) is 38.5 Å². The summed E-state index contributed by atoms with van der Waals surface area (Å²) in [5.74, 6) is -0.0901. The minimum Gasteiger partial charge on any atom is -0.378 e. The lowest BCUT2D eigenvalue weighted by molar-refractivity contribution is -0.119. The number of hydrogen-bond acceptors (Lipinski definition) is 3. The molecule has 0 bridgehead atoms. The van der Waals surface area contributed by atoms with Crippen molar-refractivity contribution in [2.45, 2.75) is 44.6 Å². The minimum atomic E-state index is -0.0901. The van der Waals surface area contributed by atoms with Crippen LogP contribution in [-0.2, 0) is 9.53 Å². The van der Waals surface area contributed by atoms with Crippen LogP contribution in [0.4, 0.5) is 0 Å². The quantitative estimate of drug-likeness (QED) is 0.697. The predicted molar refractivity (Wildman–Crippen MR) is 66.8 cm³/mol. The standard InChI is InChI=1S/C11H22N2O2.ClH/c12-9-11(14)13-7-4-8-15-10-5-2-1-3-6-10;/h10H,1-9,12H2,(H,13,14);1H. The summed E-state index contributed by atoms with van der Waals surface area (Å²) in [6.07, 6.45) is 7.70. The molecule has 0 aromatic rings. The SMILES string of the molecule is Cl.NCC(=O)NCCCOC1CCCCC1. The van der Waals surface area contributed by atoms with Gasteiger partial charge in [-0.2, -0.15) is 0 Å². The lowest BCUT2D eigenvalue weighted by Gasteiger charge is -2.21. The number of carbonyl (C=O) groups is 1. The zero-order chi connectivity index (χ0) is 10.9. The molecule has 96 valence electrons. The molecular formula is C11H23ClN2O2. The van der Waals surface area contributed by atoms with Crippen LogP contribution < -0.4 is 11.1 Å². The second-order valence-corrected chi connectivity index (χ2v) is 4.04. The Morgan fingerprint density at radius 2 is 2.00 bits per heavy atom. The number of rotatable bonds is 6. The van der Waals surface area contributed by atoms with E-state index in [1.165, 1.54) is 32.1 Å². The van der Waals surface area contributed by atoms with Crippen LogP contribution >= 0.6 is 12.4 Å². The van der Waals surface area contributed by atoms with Crippen LogP contribution in [0.25, 0.3) is 0 Å². The molecule has 0 saturated heterocycles. The number of nitrogens with two attached hydrogens (primary N) is 1. The first-order valence-electron chi connectivity index (χ1n) is 5.91. The topological polar surface area (TPSA) is 64.4 Å². The monoisotopic (exact) mass is 250 g/mol. The van der Waals surface area contributed by atoms with E-state index in [0.29, 0.717) is 12.6 Å². The first kappa shape index (κ1) is 15.7. The number of amides is 1. The van der Waals surface area contributed by atoms with Crippen LogP contribution in [0.3, 0.4) is 0 Å². The number of nitrogens with one attached hydrogen (secondary N) is 1. The first-order valence-corrected chi connectivity index (χ1v) is 5.91. The number of halogens is 1. The lowest BCUT2D eigenvalue weighted by Crippen LogP contribution is -2.31. The summed E-state index contributed by atoms with van der Waals surface area (Å²) in [6, 6.07) is 0. The fourth-order valence-electron chi connectivity index (χ4n) is 1.85. The van der Waals surface area contributed by atoms with Gasteiger partial charge in [-0.1, -0.05) is 19.3 Å². The van der Waals surface area contributed by atoms with Gasteiger partial charge in [-0.25, -0.2) is 0 Å². The summed E-state index contributed by atoms with van der Waals surface area (Å²) >= 11 is 0. The average Bonchev–Trinajstić information content (AvgIpc) is 2.29. The molecule has 5 heteroatoms. The first-order chi connectivity index (χ1) is 7.33. The normalized spacial score (nSPS) is 16.6. The van der Waals surface area contributed by atoms with E-state index in [4.69, 9.17) is 10.5 Å². The molecule has 1 amide bonds. The largest absolute Gasteiger partial charge is 0.378 e. The van der Waals surface area contributed by atoms with Crippen molar-refractivity contribution >= 4 is 18.3 Å². The van der Waals surface area contributed by atoms with E-state index < -0.39 is 0 Å². The molecule has 1 aliphatic carbocycles. The Kier molecular flexibility index (Phi) is 9.68. The second-order valence-electron chi connectivity index (χ2n) is 4.04. The predicted octanol–water partition coefficient (Wildman–Crippen LogP) is 1.22. The Labute approximate surface area is 104 Å². The van der Waals surface area contributed by atoms with Crippen molar-refractivity contribution in [3.63, 3.8) is 0 Å². The van der Waals surface area contributed by atoms with Crippen LogP contribution in [0, 0.1) is 0 Å². The van der Waals surface area contributed by atoms with Crippen LogP contribution in [0.5, 0.6) is 0 Å². The number of ether oxygens (including phenoxy) is 1. The Hall–Kier alpha value is -0.320. The summed E-state index contributed by atoms with van der Waals surface area (Å²) in [6.45, 7) is 1.49. The van der Waals surface area contributed by atoms with E-state index in [-0.39, 0.29) is 24.9 Å². The highest BCUT2D eigenvalue weighted by atomic mass is 35.5. The van der Waals surface area contributed by atoms with E-state index in [9.17, 15) is 4.79 Å². The highest BCUT2D eigenvalue weighted by Gasteiger charge is 2.12. The number of hydrogen-bond donors (Lipinski definition) is 2. The lowest BCUT2D eigenvalue weighted by atomic mass is 9.98. The molecule has 0 aromatic carbocycles. The third kappa shape index (κ3) is 7.04. The molecule has 4 nitrogen and oxygen atoms in total. The zero-order valence-electron chi connectivity index (χ0n) is 9.74. The highest BCUT2D eigenvalue weighted by molar-refractivity contribution is 5.85. The molecule has 1 aliphatic rings. The fraction of sp³-hybridized carbons (Fsp3) is 0.909. The summed E-state index contributed by atoms with van der Waals surface area (Å²) in [5.41, 5.74) is 5.16. The van der Waals surface area contributed by atoms with Crippen molar-refractivity contribution in [3.05, 3.63) is 0 Å². The Bertz CT molecular complexity index is 185. The highest BCUT2D eigenvalue weighted by Crippen LogP contribution is 2.20. The molecule has 1 saturated carbocycles. The zero-order valence-corrected chi connectivity index (χ0v) is 10.6. The molecular weight excluding hydrogens is 228 g/mol. The van der Waals surface area contributed by atoms with Gasteiger partial charge in [-0.15, -0.1) is 12.4 Å². The second kappa shape index (κ2) is 9.87. The summed E-state index contributed by atoms with van der Waals surface area (Å²) < 4.78 is 5.72. The van der Waals surface area contributed by atoms with Crippen LogP contribution in [-0.4, -0.2) is 31.7 Å². The summed E-state index contributed by atoms with van der Waals surface area (Å²) in [7, 11) is 0. The van der Waals surface area contributed by atoms with Gasteiger partial charge in [0.1, 0.15) is 0 Å². The van der Waals surface area contributed by atoms with Gasteiger partial charge in [0, 0.05) is 13.2 Å². The summed E-state index contributed by atoms with van der Waals surface area (Å²) in [4.78, 5) is 10.8. The van der Waals surface area contributed by atoms with Gasteiger partial charge in [-0.05, 0) is 19.3 Å². The molecule has 0 atom stereocenters. The minimum absolute atomic E-state index is 0. The van der Waals surface area contributed by atoms with E-state index >= 15 is 0 Å². The Morgan fingerprint density at radius 3 is 2.62 bits per heavy atom. The molecule has 1 fully saturated rings. The van der Waals surface area contributed by atoms with Crippen molar-refractivity contribution in [3.8, 4) is 0 Å². The van der Waals surface area contributed by atoms with Gasteiger partial charge in [0.2, 0.25) is 5.91 Å². The number of carbonyl (C=O) groups excluding carboxylic acids is 1. The molecule has 3 N–H and O–H groups in total. The van der Waals surface area contributed by atoms with Crippen LogP contribution in [0.2, 0.25) is 0 Å².